The Labute approximate surface area is 140 Å². The lowest BCUT2D eigenvalue weighted by Crippen LogP contribution is -2.24. The minimum absolute atomic E-state index is 0.0970. The third-order valence-electron chi connectivity index (χ3n) is 3.37. The van der Waals surface area contributed by atoms with Crippen LogP contribution in [0.1, 0.15) is 5.56 Å². The van der Waals surface area contributed by atoms with E-state index in [9.17, 15) is 12.8 Å². The number of hydrogen-bond acceptors (Lipinski definition) is 5. The Morgan fingerprint density at radius 2 is 1.54 bits per heavy atom. The summed E-state index contributed by atoms with van der Waals surface area (Å²) in [7, 11) is 0.406. The molecule has 0 saturated heterocycles. The van der Waals surface area contributed by atoms with Gasteiger partial charge in [0, 0.05) is 18.2 Å². The fraction of sp³-hybridized carbons (Fsp3) is 0.250. The first-order valence-corrected chi connectivity index (χ1v) is 8.44. The number of rotatable bonds is 7. The molecule has 0 bridgehead atoms. The molecule has 0 aliphatic rings. The van der Waals surface area contributed by atoms with E-state index in [0.717, 1.165) is 6.07 Å². The standard InChI is InChI=1S/C16H18FNO5S/c1-21-13-9-15(23-3)14(22-2)8-11(13)10-18-24(19,20)16-7-5-4-6-12(16)17/h4-9,18H,10H2,1-3H3. The summed E-state index contributed by atoms with van der Waals surface area (Å²) in [5, 5.41) is 0. The number of sulfonamides is 1. The van der Waals surface area contributed by atoms with Crippen molar-refractivity contribution in [3.63, 3.8) is 0 Å². The molecule has 0 fully saturated rings. The minimum Gasteiger partial charge on any atom is -0.496 e. The fourth-order valence-electron chi connectivity index (χ4n) is 2.14. The van der Waals surface area contributed by atoms with Crippen molar-refractivity contribution in [2.45, 2.75) is 11.4 Å². The molecule has 0 aromatic heterocycles. The first kappa shape index (κ1) is 18.0. The Balaban J connectivity index is 2.30. The molecule has 0 amide bonds. The monoisotopic (exact) mass is 355 g/mol. The highest BCUT2D eigenvalue weighted by atomic mass is 32.2. The van der Waals surface area contributed by atoms with Crippen molar-refractivity contribution in [2.24, 2.45) is 0 Å². The van der Waals surface area contributed by atoms with Gasteiger partial charge in [0.05, 0.1) is 21.3 Å². The summed E-state index contributed by atoms with van der Waals surface area (Å²) >= 11 is 0. The molecule has 2 aromatic rings. The smallest absolute Gasteiger partial charge is 0.243 e. The normalized spacial score (nSPS) is 11.2. The average Bonchev–Trinajstić information content (AvgIpc) is 2.59. The molecule has 0 radical (unpaired) electrons. The number of nitrogens with one attached hydrogen (secondary N) is 1. The second kappa shape index (κ2) is 7.50. The van der Waals surface area contributed by atoms with E-state index in [-0.39, 0.29) is 6.54 Å². The SMILES string of the molecule is COc1cc(OC)c(OC)cc1CNS(=O)(=O)c1ccccc1F. The maximum absolute atomic E-state index is 13.7. The van der Waals surface area contributed by atoms with Crippen molar-refractivity contribution in [3.8, 4) is 17.2 Å². The van der Waals surface area contributed by atoms with Crippen LogP contribution in [0.4, 0.5) is 4.39 Å². The molecule has 0 unspecified atom stereocenters. The Hall–Kier alpha value is -2.32. The second-order valence-electron chi connectivity index (χ2n) is 4.77. The summed E-state index contributed by atoms with van der Waals surface area (Å²) in [6.45, 7) is -0.0970. The first-order valence-electron chi connectivity index (χ1n) is 6.96. The van der Waals surface area contributed by atoms with Gasteiger partial charge in [0.1, 0.15) is 16.5 Å². The van der Waals surface area contributed by atoms with Crippen LogP contribution in [0.3, 0.4) is 0 Å². The van der Waals surface area contributed by atoms with E-state index in [0.29, 0.717) is 22.8 Å². The summed E-state index contributed by atoms with van der Waals surface area (Å²) in [4.78, 5) is -0.413. The number of benzene rings is 2. The van der Waals surface area contributed by atoms with Crippen LogP contribution < -0.4 is 18.9 Å². The highest BCUT2D eigenvalue weighted by Gasteiger charge is 2.20. The van der Waals surface area contributed by atoms with Gasteiger partial charge in [0.25, 0.3) is 0 Å². The molecule has 130 valence electrons. The molecule has 8 heteroatoms. The molecule has 0 spiro atoms. The van der Waals surface area contributed by atoms with E-state index in [1.54, 1.807) is 12.1 Å². The van der Waals surface area contributed by atoms with E-state index in [4.69, 9.17) is 14.2 Å². The van der Waals surface area contributed by atoms with Gasteiger partial charge in [-0.3, -0.25) is 0 Å². The van der Waals surface area contributed by atoms with E-state index in [2.05, 4.69) is 4.72 Å². The summed E-state index contributed by atoms with van der Waals surface area (Å²) in [5.74, 6) is 0.488. The lowest BCUT2D eigenvalue weighted by Gasteiger charge is -2.15. The Morgan fingerprint density at radius 1 is 0.958 bits per heavy atom. The maximum Gasteiger partial charge on any atom is 0.243 e. The van der Waals surface area contributed by atoms with Crippen molar-refractivity contribution in [3.05, 3.63) is 47.8 Å². The van der Waals surface area contributed by atoms with E-state index < -0.39 is 20.7 Å². The highest BCUT2D eigenvalue weighted by molar-refractivity contribution is 7.89. The Morgan fingerprint density at radius 3 is 2.12 bits per heavy atom. The maximum atomic E-state index is 13.7. The molecule has 1 N–H and O–H groups in total. The van der Waals surface area contributed by atoms with E-state index in [1.807, 2.05) is 0 Å². The van der Waals surface area contributed by atoms with Gasteiger partial charge in [-0.2, -0.15) is 0 Å². The van der Waals surface area contributed by atoms with Crippen molar-refractivity contribution >= 4 is 10.0 Å². The van der Waals surface area contributed by atoms with E-state index in [1.165, 1.54) is 39.5 Å². The number of halogens is 1. The fourth-order valence-corrected chi connectivity index (χ4v) is 3.23. The van der Waals surface area contributed by atoms with Crippen LogP contribution >= 0.6 is 0 Å². The third kappa shape index (κ3) is 3.77. The summed E-state index contributed by atoms with van der Waals surface area (Å²) in [6, 6.07) is 8.35. The summed E-state index contributed by atoms with van der Waals surface area (Å²) in [5.41, 5.74) is 0.523. The average molecular weight is 355 g/mol. The minimum atomic E-state index is -4.00. The van der Waals surface area contributed by atoms with Crippen LogP contribution in [0.5, 0.6) is 17.2 Å². The molecule has 0 heterocycles. The summed E-state index contributed by atoms with van der Waals surface area (Å²) < 4.78 is 56.2. The predicted molar refractivity (Wildman–Crippen MR) is 86.5 cm³/mol. The topological polar surface area (TPSA) is 73.9 Å². The quantitative estimate of drug-likeness (QED) is 0.825. The molecule has 2 aromatic carbocycles. The predicted octanol–water partition coefficient (Wildman–Crippen LogP) is 2.33. The lowest BCUT2D eigenvalue weighted by molar-refractivity contribution is 0.347. The van der Waals surface area contributed by atoms with Gasteiger partial charge in [-0.15, -0.1) is 0 Å². The van der Waals surface area contributed by atoms with Crippen molar-refractivity contribution in [1.29, 1.82) is 0 Å². The second-order valence-corrected chi connectivity index (χ2v) is 6.51. The van der Waals surface area contributed by atoms with Gasteiger partial charge < -0.3 is 14.2 Å². The zero-order valence-corrected chi connectivity index (χ0v) is 14.3. The zero-order chi connectivity index (χ0) is 17.7. The van der Waals surface area contributed by atoms with Crippen molar-refractivity contribution in [1.82, 2.24) is 4.72 Å². The molecule has 24 heavy (non-hydrogen) atoms. The first-order chi connectivity index (χ1) is 11.4. The van der Waals surface area contributed by atoms with Gasteiger partial charge in [0.15, 0.2) is 11.5 Å². The molecule has 0 aliphatic carbocycles. The number of hydrogen-bond donors (Lipinski definition) is 1. The Bertz CT molecular complexity index is 823. The van der Waals surface area contributed by atoms with Gasteiger partial charge in [-0.25, -0.2) is 17.5 Å². The largest absolute Gasteiger partial charge is 0.496 e. The van der Waals surface area contributed by atoms with Gasteiger partial charge in [-0.05, 0) is 18.2 Å². The van der Waals surface area contributed by atoms with Crippen LogP contribution in [-0.2, 0) is 16.6 Å². The Kier molecular flexibility index (Phi) is 5.63. The molecule has 0 aliphatic heterocycles. The molecular weight excluding hydrogens is 337 g/mol. The molecule has 6 nitrogen and oxygen atoms in total. The molecule has 2 rings (SSSR count). The van der Waals surface area contributed by atoms with E-state index >= 15 is 0 Å². The van der Waals surface area contributed by atoms with Crippen LogP contribution in [0.2, 0.25) is 0 Å². The van der Waals surface area contributed by atoms with Crippen LogP contribution in [0.15, 0.2) is 41.3 Å². The van der Waals surface area contributed by atoms with Gasteiger partial charge >= 0.3 is 0 Å². The molecule has 0 atom stereocenters. The van der Waals surface area contributed by atoms with Gasteiger partial charge in [-0.1, -0.05) is 12.1 Å². The molecular formula is C16H18FNO5S. The van der Waals surface area contributed by atoms with Crippen molar-refractivity contribution < 1.29 is 27.0 Å². The van der Waals surface area contributed by atoms with Crippen molar-refractivity contribution in [2.75, 3.05) is 21.3 Å². The number of ether oxygens (including phenoxy) is 3. The van der Waals surface area contributed by atoms with Crippen LogP contribution in [0.25, 0.3) is 0 Å². The van der Waals surface area contributed by atoms with Crippen LogP contribution in [-0.4, -0.2) is 29.7 Å². The number of methoxy groups -OCH3 is 3. The third-order valence-corrected chi connectivity index (χ3v) is 4.80. The van der Waals surface area contributed by atoms with Crippen LogP contribution in [0, 0.1) is 5.82 Å². The highest BCUT2D eigenvalue weighted by Crippen LogP contribution is 2.34. The lowest BCUT2D eigenvalue weighted by atomic mass is 10.1. The zero-order valence-electron chi connectivity index (χ0n) is 13.5. The van der Waals surface area contributed by atoms with Gasteiger partial charge in [0.2, 0.25) is 10.0 Å². The summed E-state index contributed by atoms with van der Waals surface area (Å²) in [6.07, 6.45) is 0. The molecule has 0 saturated carbocycles.